The van der Waals surface area contributed by atoms with Crippen LogP contribution in [0.3, 0.4) is 0 Å². The van der Waals surface area contributed by atoms with Gasteiger partial charge >= 0.3 is 0 Å². The van der Waals surface area contributed by atoms with E-state index in [2.05, 4.69) is 20.3 Å². The quantitative estimate of drug-likeness (QED) is 0.892. The molecule has 0 saturated heterocycles. The minimum absolute atomic E-state index is 0.615. The first-order valence-corrected chi connectivity index (χ1v) is 5.72. The van der Waals surface area contributed by atoms with E-state index in [4.69, 9.17) is 4.74 Å². The van der Waals surface area contributed by atoms with Crippen molar-refractivity contribution < 1.29 is 4.74 Å². The van der Waals surface area contributed by atoms with Crippen LogP contribution >= 0.6 is 0 Å². The molecule has 0 spiro atoms. The summed E-state index contributed by atoms with van der Waals surface area (Å²) in [6.45, 7) is 4.55. The summed E-state index contributed by atoms with van der Waals surface area (Å²) in [5.41, 5.74) is 2.95. The molecule has 0 aliphatic carbocycles. The zero-order valence-electron chi connectivity index (χ0n) is 10.8. The summed E-state index contributed by atoms with van der Waals surface area (Å²) >= 11 is 0. The largest absolute Gasteiger partial charge is 0.481 e. The molecule has 5 nitrogen and oxygen atoms in total. The van der Waals surface area contributed by atoms with Gasteiger partial charge in [0.2, 0.25) is 5.88 Å². The number of nitrogens with one attached hydrogen (secondary N) is 1. The molecule has 0 unspecified atom stereocenters. The van der Waals surface area contributed by atoms with Crippen LogP contribution in [0.5, 0.6) is 5.88 Å². The van der Waals surface area contributed by atoms with E-state index in [1.807, 2.05) is 26.0 Å². The molecule has 0 aliphatic rings. The van der Waals surface area contributed by atoms with E-state index < -0.39 is 0 Å². The molecular weight excluding hydrogens is 228 g/mol. The summed E-state index contributed by atoms with van der Waals surface area (Å²) in [5, 5.41) is 3.21. The molecule has 2 aromatic heterocycles. The first kappa shape index (κ1) is 12.3. The van der Waals surface area contributed by atoms with Gasteiger partial charge in [-0.05, 0) is 19.4 Å². The Hall–Kier alpha value is -2.17. The number of methoxy groups -OCH3 is 1. The van der Waals surface area contributed by atoms with Crippen LogP contribution in [0.25, 0.3) is 0 Å². The first-order chi connectivity index (χ1) is 8.69. The fourth-order valence-corrected chi connectivity index (χ4v) is 1.46. The highest BCUT2D eigenvalue weighted by Gasteiger charge is 2.00. The first-order valence-electron chi connectivity index (χ1n) is 5.72. The lowest BCUT2D eigenvalue weighted by Crippen LogP contribution is -2.04. The SMILES string of the molecule is COc1ccc(CNc2cnc(C)c(C)n2)cn1. The Balaban J connectivity index is 1.99. The molecule has 2 rings (SSSR count). The smallest absolute Gasteiger partial charge is 0.212 e. The molecule has 2 heterocycles. The number of rotatable bonds is 4. The summed E-state index contributed by atoms with van der Waals surface area (Å²) in [6, 6.07) is 3.80. The Morgan fingerprint density at radius 3 is 2.56 bits per heavy atom. The van der Waals surface area contributed by atoms with Crippen molar-refractivity contribution >= 4 is 5.82 Å². The average Bonchev–Trinajstić information content (AvgIpc) is 2.41. The predicted molar refractivity (Wildman–Crippen MR) is 69.6 cm³/mol. The maximum atomic E-state index is 5.01. The maximum Gasteiger partial charge on any atom is 0.212 e. The van der Waals surface area contributed by atoms with Gasteiger partial charge in [0.25, 0.3) is 0 Å². The second kappa shape index (κ2) is 5.44. The van der Waals surface area contributed by atoms with E-state index in [0.717, 1.165) is 22.8 Å². The standard InChI is InChI=1S/C13H16N4O/c1-9-10(2)17-12(8-14-9)15-6-11-4-5-13(18-3)16-7-11/h4-5,7-8H,6H2,1-3H3,(H,15,17). The van der Waals surface area contributed by atoms with Crippen molar-refractivity contribution in [3.05, 3.63) is 41.5 Å². The third-order valence-corrected chi connectivity index (χ3v) is 2.67. The Labute approximate surface area is 106 Å². The molecule has 18 heavy (non-hydrogen) atoms. The van der Waals surface area contributed by atoms with Crippen LogP contribution < -0.4 is 10.1 Å². The van der Waals surface area contributed by atoms with Gasteiger partial charge < -0.3 is 10.1 Å². The molecule has 0 radical (unpaired) electrons. The third kappa shape index (κ3) is 2.94. The number of nitrogens with zero attached hydrogens (tertiary/aromatic N) is 3. The van der Waals surface area contributed by atoms with Crippen LogP contribution in [0, 0.1) is 13.8 Å². The van der Waals surface area contributed by atoms with Crippen LogP contribution in [0.1, 0.15) is 17.0 Å². The highest BCUT2D eigenvalue weighted by Crippen LogP contribution is 2.10. The van der Waals surface area contributed by atoms with Gasteiger partial charge in [0.05, 0.1) is 24.7 Å². The molecule has 0 fully saturated rings. The van der Waals surface area contributed by atoms with Gasteiger partial charge in [-0.25, -0.2) is 9.97 Å². The molecule has 0 saturated carbocycles. The lowest BCUT2D eigenvalue weighted by atomic mass is 10.3. The average molecular weight is 244 g/mol. The van der Waals surface area contributed by atoms with Crippen molar-refractivity contribution in [1.82, 2.24) is 15.0 Å². The van der Waals surface area contributed by atoms with Crippen LogP contribution in [0.4, 0.5) is 5.82 Å². The van der Waals surface area contributed by atoms with E-state index in [0.29, 0.717) is 12.4 Å². The van der Waals surface area contributed by atoms with Crippen molar-refractivity contribution in [3.63, 3.8) is 0 Å². The summed E-state index contributed by atoms with van der Waals surface area (Å²) < 4.78 is 5.01. The molecule has 2 aromatic rings. The van der Waals surface area contributed by atoms with Crippen molar-refractivity contribution in [2.45, 2.75) is 20.4 Å². The predicted octanol–water partition coefficient (Wildman–Crippen LogP) is 2.11. The normalized spacial score (nSPS) is 10.2. The molecule has 0 amide bonds. The van der Waals surface area contributed by atoms with Crippen LogP contribution in [0.2, 0.25) is 0 Å². The van der Waals surface area contributed by atoms with Crippen molar-refractivity contribution in [2.24, 2.45) is 0 Å². The van der Waals surface area contributed by atoms with Gasteiger partial charge in [0.1, 0.15) is 5.82 Å². The minimum atomic E-state index is 0.615. The number of aryl methyl sites for hydroxylation is 2. The Kier molecular flexibility index (Phi) is 3.72. The van der Waals surface area contributed by atoms with Gasteiger partial charge in [-0.2, -0.15) is 0 Å². The highest BCUT2D eigenvalue weighted by molar-refractivity contribution is 5.34. The number of aromatic nitrogens is 3. The van der Waals surface area contributed by atoms with E-state index in [1.54, 1.807) is 19.5 Å². The Morgan fingerprint density at radius 2 is 1.94 bits per heavy atom. The fraction of sp³-hybridized carbons (Fsp3) is 0.308. The summed E-state index contributed by atoms with van der Waals surface area (Å²) in [4.78, 5) is 12.8. The molecule has 94 valence electrons. The van der Waals surface area contributed by atoms with Crippen LogP contribution in [0.15, 0.2) is 24.5 Å². The summed E-state index contributed by atoms with van der Waals surface area (Å²) in [6.07, 6.45) is 3.51. The minimum Gasteiger partial charge on any atom is -0.481 e. The second-order valence-electron chi connectivity index (χ2n) is 3.99. The van der Waals surface area contributed by atoms with Gasteiger partial charge in [-0.3, -0.25) is 4.98 Å². The van der Waals surface area contributed by atoms with Gasteiger partial charge in [0.15, 0.2) is 0 Å². The molecular formula is C13H16N4O. The molecule has 0 bridgehead atoms. The molecule has 0 aliphatic heterocycles. The van der Waals surface area contributed by atoms with Gasteiger partial charge in [-0.1, -0.05) is 6.07 Å². The van der Waals surface area contributed by atoms with E-state index >= 15 is 0 Å². The second-order valence-corrected chi connectivity index (χ2v) is 3.99. The molecule has 5 heteroatoms. The monoisotopic (exact) mass is 244 g/mol. The molecule has 0 atom stereocenters. The lowest BCUT2D eigenvalue weighted by Gasteiger charge is -2.07. The van der Waals surface area contributed by atoms with Crippen LogP contribution in [-0.4, -0.2) is 22.1 Å². The van der Waals surface area contributed by atoms with E-state index in [1.165, 1.54) is 0 Å². The van der Waals surface area contributed by atoms with Crippen LogP contribution in [-0.2, 0) is 6.54 Å². The van der Waals surface area contributed by atoms with Gasteiger partial charge in [0, 0.05) is 18.8 Å². The van der Waals surface area contributed by atoms with Crippen molar-refractivity contribution in [1.29, 1.82) is 0 Å². The number of ether oxygens (including phenoxy) is 1. The third-order valence-electron chi connectivity index (χ3n) is 2.67. The van der Waals surface area contributed by atoms with Gasteiger partial charge in [-0.15, -0.1) is 0 Å². The Bertz CT molecular complexity index is 525. The van der Waals surface area contributed by atoms with E-state index in [9.17, 15) is 0 Å². The van der Waals surface area contributed by atoms with Crippen molar-refractivity contribution in [2.75, 3.05) is 12.4 Å². The number of pyridine rings is 1. The van der Waals surface area contributed by atoms with E-state index in [-0.39, 0.29) is 0 Å². The topological polar surface area (TPSA) is 59.9 Å². The number of anilines is 1. The zero-order valence-corrected chi connectivity index (χ0v) is 10.8. The van der Waals surface area contributed by atoms with Crippen molar-refractivity contribution in [3.8, 4) is 5.88 Å². The number of hydrogen-bond acceptors (Lipinski definition) is 5. The maximum absolute atomic E-state index is 5.01. The zero-order chi connectivity index (χ0) is 13.0. The highest BCUT2D eigenvalue weighted by atomic mass is 16.5. The summed E-state index contributed by atoms with van der Waals surface area (Å²) in [7, 11) is 1.60. The fourth-order valence-electron chi connectivity index (χ4n) is 1.46. The molecule has 1 N–H and O–H groups in total. The lowest BCUT2D eigenvalue weighted by molar-refractivity contribution is 0.397. The summed E-state index contributed by atoms with van der Waals surface area (Å²) in [5.74, 6) is 1.39. The Morgan fingerprint density at radius 1 is 1.11 bits per heavy atom. The number of hydrogen-bond donors (Lipinski definition) is 1. The molecule has 0 aromatic carbocycles.